The summed E-state index contributed by atoms with van der Waals surface area (Å²) < 4.78 is 18.5. The zero-order valence-corrected chi connectivity index (χ0v) is 10.1. The number of rotatable bonds is 3. The van der Waals surface area contributed by atoms with Gasteiger partial charge in [0.05, 0.1) is 0 Å². The molecule has 1 N–H and O–H groups in total. The third-order valence-corrected chi connectivity index (χ3v) is 2.22. The fourth-order valence-electron chi connectivity index (χ4n) is 1.50. The van der Waals surface area contributed by atoms with Gasteiger partial charge in [-0.25, -0.2) is 4.39 Å². The molecular weight excluding hydrogens is 233 g/mol. The fraction of sp³-hybridized carbons (Fsp3) is 0.231. The molecule has 4 nitrogen and oxygen atoms in total. The molecule has 0 bridgehead atoms. The third-order valence-electron chi connectivity index (χ3n) is 2.22. The third kappa shape index (κ3) is 2.48. The van der Waals surface area contributed by atoms with Crippen molar-refractivity contribution in [2.24, 2.45) is 0 Å². The van der Waals surface area contributed by atoms with Crippen LogP contribution in [0.2, 0.25) is 0 Å². The molecule has 0 aliphatic carbocycles. The summed E-state index contributed by atoms with van der Waals surface area (Å²) in [5, 5.41) is 11.9. The van der Waals surface area contributed by atoms with Gasteiger partial charge in [0.1, 0.15) is 11.9 Å². The van der Waals surface area contributed by atoms with Gasteiger partial charge in [-0.05, 0) is 32.0 Å². The summed E-state index contributed by atoms with van der Waals surface area (Å²) in [6, 6.07) is 7.95. The molecule has 0 aliphatic rings. The molecule has 1 heterocycles. The van der Waals surface area contributed by atoms with Gasteiger partial charge in [0.15, 0.2) is 0 Å². The van der Waals surface area contributed by atoms with E-state index >= 15 is 0 Å². The van der Waals surface area contributed by atoms with Gasteiger partial charge in [-0.3, -0.25) is 0 Å². The molecular formula is C13H12FN3O. The molecule has 0 atom stereocenters. The van der Waals surface area contributed by atoms with E-state index in [0.717, 1.165) is 0 Å². The number of benzene rings is 1. The summed E-state index contributed by atoms with van der Waals surface area (Å²) in [5.41, 5.74) is 0.672. The second kappa shape index (κ2) is 4.88. The van der Waals surface area contributed by atoms with E-state index < -0.39 is 0 Å². The Labute approximate surface area is 104 Å². The second-order valence-corrected chi connectivity index (χ2v) is 4.12. The molecule has 2 rings (SSSR count). The summed E-state index contributed by atoms with van der Waals surface area (Å²) in [6.45, 7) is 3.84. The SMILES string of the molecule is CC(C)Nc1oc(-c2cccc(F)c2)nc1C#N. The molecule has 0 radical (unpaired) electrons. The first-order valence-electron chi connectivity index (χ1n) is 5.53. The lowest BCUT2D eigenvalue weighted by Crippen LogP contribution is -2.09. The predicted molar refractivity (Wildman–Crippen MR) is 65.4 cm³/mol. The van der Waals surface area contributed by atoms with Crippen molar-refractivity contribution in [3.05, 3.63) is 35.8 Å². The topological polar surface area (TPSA) is 61.9 Å². The summed E-state index contributed by atoms with van der Waals surface area (Å²) in [7, 11) is 0. The highest BCUT2D eigenvalue weighted by atomic mass is 19.1. The molecule has 0 amide bonds. The minimum Gasteiger partial charge on any atom is -0.419 e. The van der Waals surface area contributed by atoms with E-state index in [1.807, 2.05) is 19.9 Å². The van der Waals surface area contributed by atoms with Gasteiger partial charge in [0.25, 0.3) is 0 Å². The van der Waals surface area contributed by atoms with Crippen molar-refractivity contribution in [2.75, 3.05) is 5.32 Å². The Bertz CT molecular complexity index is 599. The van der Waals surface area contributed by atoms with Gasteiger partial charge >= 0.3 is 0 Å². The Kier molecular flexibility index (Phi) is 3.28. The molecule has 1 aromatic carbocycles. The number of oxazole rings is 1. The molecule has 1 aromatic heterocycles. The van der Waals surface area contributed by atoms with Crippen LogP contribution in [0.25, 0.3) is 11.5 Å². The second-order valence-electron chi connectivity index (χ2n) is 4.12. The van der Waals surface area contributed by atoms with Crippen LogP contribution in [0.4, 0.5) is 10.3 Å². The van der Waals surface area contributed by atoms with E-state index in [9.17, 15) is 4.39 Å². The van der Waals surface area contributed by atoms with Gasteiger partial charge in [0, 0.05) is 11.6 Å². The van der Waals surface area contributed by atoms with Crippen LogP contribution in [0.1, 0.15) is 19.5 Å². The quantitative estimate of drug-likeness (QED) is 0.902. The van der Waals surface area contributed by atoms with Crippen LogP contribution in [0.3, 0.4) is 0 Å². The lowest BCUT2D eigenvalue weighted by Gasteiger charge is -2.04. The number of nitrogens with one attached hydrogen (secondary N) is 1. The van der Waals surface area contributed by atoms with Crippen molar-refractivity contribution in [3.8, 4) is 17.5 Å². The smallest absolute Gasteiger partial charge is 0.232 e. The van der Waals surface area contributed by atoms with Crippen LogP contribution in [0, 0.1) is 17.1 Å². The minimum absolute atomic E-state index is 0.116. The maximum absolute atomic E-state index is 13.1. The van der Waals surface area contributed by atoms with E-state index in [-0.39, 0.29) is 23.4 Å². The molecule has 0 saturated carbocycles. The number of anilines is 1. The number of aromatic nitrogens is 1. The van der Waals surface area contributed by atoms with Crippen LogP contribution in [0.5, 0.6) is 0 Å². The van der Waals surface area contributed by atoms with Crippen LogP contribution in [0.15, 0.2) is 28.7 Å². The normalized spacial score (nSPS) is 10.4. The first-order valence-corrected chi connectivity index (χ1v) is 5.53. The van der Waals surface area contributed by atoms with Gasteiger partial charge in [0.2, 0.25) is 17.5 Å². The lowest BCUT2D eigenvalue weighted by molar-refractivity contribution is 0.577. The standard InChI is InChI=1S/C13H12FN3O/c1-8(2)16-13-11(7-15)17-12(18-13)9-4-3-5-10(14)6-9/h3-6,8,16H,1-2H3. The van der Waals surface area contributed by atoms with E-state index in [1.165, 1.54) is 12.1 Å². The van der Waals surface area contributed by atoms with Gasteiger partial charge < -0.3 is 9.73 Å². The van der Waals surface area contributed by atoms with Crippen LogP contribution < -0.4 is 5.32 Å². The van der Waals surface area contributed by atoms with E-state index in [4.69, 9.17) is 9.68 Å². The Morgan fingerprint density at radius 1 is 1.44 bits per heavy atom. The molecule has 0 saturated heterocycles. The van der Waals surface area contributed by atoms with Gasteiger partial charge in [-0.1, -0.05) is 6.07 Å². The van der Waals surface area contributed by atoms with Crippen molar-refractivity contribution < 1.29 is 8.81 Å². The molecule has 0 fully saturated rings. The van der Waals surface area contributed by atoms with E-state index in [2.05, 4.69) is 10.3 Å². The molecule has 18 heavy (non-hydrogen) atoms. The summed E-state index contributed by atoms with van der Waals surface area (Å²) in [4.78, 5) is 4.04. The monoisotopic (exact) mass is 245 g/mol. The maximum atomic E-state index is 13.1. The summed E-state index contributed by atoms with van der Waals surface area (Å²) >= 11 is 0. The molecule has 0 aliphatic heterocycles. The highest BCUT2D eigenvalue weighted by Crippen LogP contribution is 2.26. The largest absolute Gasteiger partial charge is 0.419 e. The number of halogens is 1. The number of nitriles is 1. The number of hydrogen-bond acceptors (Lipinski definition) is 4. The van der Waals surface area contributed by atoms with E-state index in [1.54, 1.807) is 12.1 Å². The van der Waals surface area contributed by atoms with Gasteiger partial charge in [-0.15, -0.1) is 0 Å². The molecule has 5 heteroatoms. The Hall–Kier alpha value is -2.35. The molecule has 2 aromatic rings. The Morgan fingerprint density at radius 3 is 2.83 bits per heavy atom. The first-order chi connectivity index (χ1) is 8.60. The number of hydrogen-bond donors (Lipinski definition) is 1. The molecule has 0 spiro atoms. The van der Waals surface area contributed by atoms with Gasteiger partial charge in [-0.2, -0.15) is 10.2 Å². The molecule has 0 unspecified atom stereocenters. The Morgan fingerprint density at radius 2 is 2.22 bits per heavy atom. The van der Waals surface area contributed by atoms with Crippen molar-refractivity contribution in [1.29, 1.82) is 5.26 Å². The summed E-state index contributed by atoms with van der Waals surface area (Å²) in [5.74, 6) is 0.170. The van der Waals surface area contributed by atoms with Crippen molar-refractivity contribution in [1.82, 2.24) is 4.98 Å². The highest BCUT2D eigenvalue weighted by Gasteiger charge is 2.15. The number of nitrogens with zero attached hydrogens (tertiary/aromatic N) is 2. The van der Waals surface area contributed by atoms with Crippen LogP contribution in [-0.2, 0) is 0 Å². The average Bonchev–Trinajstić information content (AvgIpc) is 2.71. The Balaban J connectivity index is 2.41. The first kappa shape index (κ1) is 12.1. The molecule has 92 valence electrons. The van der Waals surface area contributed by atoms with Crippen molar-refractivity contribution in [2.45, 2.75) is 19.9 Å². The van der Waals surface area contributed by atoms with Crippen LogP contribution in [-0.4, -0.2) is 11.0 Å². The van der Waals surface area contributed by atoms with Crippen molar-refractivity contribution >= 4 is 5.88 Å². The maximum Gasteiger partial charge on any atom is 0.232 e. The van der Waals surface area contributed by atoms with Crippen molar-refractivity contribution in [3.63, 3.8) is 0 Å². The highest BCUT2D eigenvalue weighted by molar-refractivity contribution is 5.58. The average molecular weight is 245 g/mol. The predicted octanol–water partition coefficient (Wildman–Crippen LogP) is 3.17. The summed E-state index contributed by atoms with van der Waals surface area (Å²) in [6.07, 6.45) is 0. The zero-order chi connectivity index (χ0) is 13.1. The zero-order valence-electron chi connectivity index (χ0n) is 10.1. The fourth-order valence-corrected chi connectivity index (χ4v) is 1.50. The van der Waals surface area contributed by atoms with E-state index in [0.29, 0.717) is 11.4 Å². The van der Waals surface area contributed by atoms with Crippen LogP contribution >= 0.6 is 0 Å². The minimum atomic E-state index is -0.373. The lowest BCUT2D eigenvalue weighted by atomic mass is 10.2.